The molecule has 0 bridgehead atoms. The average Bonchev–Trinajstić information content (AvgIpc) is 2.16. The normalized spacial score (nSPS) is 17.5. The number of nitrogens with zero attached hydrogens (tertiary/aromatic N) is 1. The van der Waals surface area contributed by atoms with Crippen molar-refractivity contribution in [3.05, 3.63) is 0 Å². The van der Waals surface area contributed by atoms with Gasteiger partial charge in [-0.15, -0.1) is 0 Å². The molecule has 5 nitrogen and oxygen atoms in total. The predicted octanol–water partition coefficient (Wildman–Crippen LogP) is 0.971. The van der Waals surface area contributed by atoms with Crippen LogP contribution in [0.2, 0.25) is 0 Å². The summed E-state index contributed by atoms with van der Waals surface area (Å²) in [6, 6.07) is 1.80. The van der Waals surface area contributed by atoms with Gasteiger partial charge in [-0.1, -0.05) is 20.8 Å². The lowest BCUT2D eigenvalue weighted by Crippen LogP contribution is -2.54. The molecule has 2 atom stereocenters. The zero-order valence-corrected chi connectivity index (χ0v) is 11.8. The second-order valence-electron chi connectivity index (χ2n) is 5.04. The van der Waals surface area contributed by atoms with E-state index >= 15 is 0 Å². The maximum Gasteiger partial charge on any atom is 0.228 e. The molecule has 0 radical (unpaired) electrons. The molecule has 0 aromatic carbocycles. The van der Waals surface area contributed by atoms with E-state index < -0.39 is 20.8 Å². The van der Waals surface area contributed by atoms with Crippen LogP contribution in [0.1, 0.15) is 40.5 Å². The molecule has 100 valence electrons. The zero-order chi connectivity index (χ0) is 13.7. The Morgan fingerprint density at radius 2 is 2.00 bits per heavy atom. The lowest BCUT2D eigenvalue weighted by molar-refractivity contribution is 0.343. The summed E-state index contributed by atoms with van der Waals surface area (Å²) in [5.74, 6) is 0.327. The first kappa shape index (κ1) is 16.4. The number of hydrogen-bond donors (Lipinski definition) is 2. The first-order valence-corrected chi connectivity index (χ1v) is 7.38. The van der Waals surface area contributed by atoms with Crippen LogP contribution in [0, 0.1) is 17.2 Å². The van der Waals surface area contributed by atoms with Gasteiger partial charge in [0.25, 0.3) is 0 Å². The minimum absolute atomic E-state index is 0.215. The molecule has 0 amide bonds. The quantitative estimate of drug-likeness (QED) is 0.713. The minimum Gasteiger partial charge on any atom is -0.329 e. The minimum atomic E-state index is -3.63. The molecule has 0 rings (SSSR count). The molecular formula is C11H23N3O2S. The Kier molecular flexibility index (Phi) is 6.10. The van der Waals surface area contributed by atoms with Gasteiger partial charge in [0.1, 0.15) is 0 Å². The Balaban J connectivity index is 4.96. The van der Waals surface area contributed by atoms with Crippen molar-refractivity contribution in [2.24, 2.45) is 11.7 Å². The van der Waals surface area contributed by atoms with Gasteiger partial charge in [-0.05, 0) is 25.7 Å². The van der Waals surface area contributed by atoms with Crippen LogP contribution in [0.15, 0.2) is 0 Å². The van der Waals surface area contributed by atoms with Crippen LogP contribution in [0.25, 0.3) is 0 Å². The third-order valence-corrected chi connectivity index (χ3v) is 4.55. The van der Waals surface area contributed by atoms with E-state index in [0.717, 1.165) is 0 Å². The van der Waals surface area contributed by atoms with Crippen molar-refractivity contribution in [3.8, 4) is 6.07 Å². The summed E-state index contributed by atoms with van der Waals surface area (Å²) in [5.41, 5.74) is 4.95. The average molecular weight is 261 g/mol. The fraction of sp³-hybridized carbons (Fsp3) is 0.909. The molecule has 0 saturated carbocycles. The summed E-state index contributed by atoms with van der Waals surface area (Å²) in [7, 11) is -3.63. The Morgan fingerprint density at radius 1 is 1.47 bits per heavy atom. The summed E-state index contributed by atoms with van der Waals surface area (Å²) in [4.78, 5) is 0. The van der Waals surface area contributed by atoms with Crippen LogP contribution in [-0.2, 0) is 10.0 Å². The smallest absolute Gasteiger partial charge is 0.228 e. The van der Waals surface area contributed by atoms with Crippen molar-refractivity contribution in [3.63, 3.8) is 0 Å². The summed E-state index contributed by atoms with van der Waals surface area (Å²) in [5, 5.41) is 7.80. The van der Waals surface area contributed by atoms with Gasteiger partial charge in [0.2, 0.25) is 10.0 Å². The monoisotopic (exact) mass is 261 g/mol. The summed E-state index contributed by atoms with van der Waals surface area (Å²) in [6.45, 7) is 7.67. The molecule has 0 aliphatic heterocycles. The Labute approximate surface area is 104 Å². The molecular weight excluding hydrogens is 238 g/mol. The second-order valence-corrected chi connectivity index (χ2v) is 6.90. The number of nitrogens with two attached hydrogens (primary N) is 1. The molecule has 0 aromatic rings. The molecule has 0 aliphatic carbocycles. The summed E-state index contributed by atoms with van der Waals surface area (Å²) < 4.78 is 26.5. The van der Waals surface area contributed by atoms with Crippen molar-refractivity contribution < 1.29 is 8.42 Å². The van der Waals surface area contributed by atoms with Gasteiger partial charge < -0.3 is 5.73 Å². The highest BCUT2D eigenvalue weighted by Crippen LogP contribution is 2.18. The van der Waals surface area contributed by atoms with Gasteiger partial charge in [-0.2, -0.15) is 5.26 Å². The first-order chi connectivity index (χ1) is 7.70. The number of nitrogens with one attached hydrogen (secondary N) is 1. The number of sulfonamides is 1. The van der Waals surface area contributed by atoms with Gasteiger partial charge in [-0.25, -0.2) is 13.1 Å². The third-order valence-electron chi connectivity index (χ3n) is 2.59. The highest BCUT2D eigenvalue weighted by Gasteiger charge is 2.33. The summed E-state index contributed by atoms with van der Waals surface area (Å²) in [6.07, 6.45) is 0.915. The van der Waals surface area contributed by atoms with Crippen molar-refractivity contribution >= 4 is 10.0 Å². The van der Waals surface area contributed by atoms with E-state index in [1.54, 1.807) is 19.9 Å². The molecule has 0 aliphatic rings. The van der Waals surface area contributed by atoms with Crippen LogP contribution in [-0.4, -0.2) is 25.8 Å². The molecule has 0 spiro atoms. The largest absolute Gasteiger partial charge is 0.329 e. The highest BCUT2D eigenvalue weighted by molar-refractivity contribution is 7.90. The fourth-order valence-corrected chi connectivity index (χ4v) is 3.44. The van der Waals surface area contributed by atoms with Crippen molar-refractivity contribution in [1.29, 1.82) is 5.26 Å². The third kappa shape index (κ3) is 5.02. The van der Waals surface area contributed by atoms with Crippen LogP contribution in [0.4, 0.5) is 0 Å². The van der Waals surface area contributed by atoms with Gasteiger partial charge >= 0.3 is 0 Å². The number of hydrogen-bond acceptors (Lipinski definition) is 4. The van der Waals surface area contributed by atoms with E-state index in [4.69, 9.17) is 11.0 Å². The molecule has 0 heterocycles. The molecule has 17 heavy (non-hydrogen) atoms. The van der Waals surface area contributed by atoms with E-state index in [2.05, 4.69) is 4.72 Å². The molecule has 0 saturated heterocycles. The topological polar surface area (TPSA) is 96.0 Å². The van der Waals surface area contributed by atoms with Gasteiger partial charge in [-0.3, -0.25) is 0 Å². The molecule has 6 heteroatoms. The second kappa shape index (κ2) is 6.34. The SMILES string of the molecule is CCC(C#N)S(=O)(=O)NC(C)(CN)CC(C)C. The van der Waals surface area contributed by atoms with E-state index in [9.17, 15) is 8.42 Å². The fourth-order valence-electron chi connectivity index (χ4n) is 1.86. The zero-order valence-electron chi connectivity index (χ0n) is 11.0. The standard InChI is InChI=1S/C11H23N3O2S/c1-5-10(7-12)17(15,16)14-11(4,8-13)6-9(2)3/h9-10,14H,5-6,8,13H2,1-4H3. The molecule has 3 N–H and O–H groups in total. The van der Waals surface area contributed by atoms with Crippen LogP contribution >= 0.6 is 0 Å². The molecule has 0 aromatic heterocycles. The first-order valence-electron chi connectivity index (χ1n) is 5.83. The maximum absolute atomic E-state index is 12.0. The maximum atomic E-state index is 12.0. The van der Waals surface area contributed by atoms with E-state index in [0.29, 0.717) is 12.3 Å². The van der Waals surface area contributed by atoms with Gasteiger partial charge in [0.05, 0.1) is 6.07 Å². The predicted molar refractivity (Wildman–Crippen MR) is 68.7 cm³/mol. The van der Waals surface area contributed by atoms with Crippen molar-refractivity contribution in [1.82, 2.24) is 4.72 Å². The Hall–Kier alpha value is -0.640. The Bertz CT molecular complexity index is 373. The van der Waals surface area contributed by atoms with Crippen LogP contribution in [0.5, 0.6) is 0 Å². The van der Waals surface area contributed by atoms with Gasteiger partial charge in [0, 0.05) is 12.1 Å². The van der Waals surface area contributed by atoms with E-state index in [1.807, 2.05) is 13.8 Å². The summed E-state index contributed by atoms with van der Waals surface area (Å²) >= 11 is 0. The lowest BCUT2D eigenvalue weighted by Gasteiger charge is -2.31. The van der Waals surface area contributed by atoms with Crippen LogP contribution < -0.4 is 10.5 Å². The van der Waals surface area contributed by atoms with Crippen molar-refractivity contribution in [2.75, 3.05) is 6.54 Å². The molecule has 2 unspecified atom stereocenters. The van der Waals surface area contributed by atoms with E-state index in [-0.39, 0.29) is 13.0 Å². The highest BCUT2D eigenvalue weighted by atomic mass is 32.2. The van der Waals surface area contributed by atoms with E-state index in [1.165, 1.54) is 0 Å². The van der Waals surface area contributed by atoms with Crippen molar-refractivity contribution in [2.45, 2.75) is 51.3 Å². The van der Waals surface area contributed by atoms with Gasteiger partial charge in [0.15, 0.2) is 5.25 Å². The number of nitriles is 1. The molecule has 0 fully saturated rings. The lowest BCUT2D eigenvalue weighted by atomic mass is 9.92. The Morgan fingerprint density at radius 3 is 2.29 bits per heavy atom. The van der Waals surface area contributed by atoms with Crippen LogP contribution in [0.3, 0.4) is 0 Å². The number of rotatable bonds is 7.